The van der Waals surface area contributed by atoms with E-state index >= 15 is 0 Å². The van der Waals surface area contributed by atoms with Crippen molar-refractivity contribution in [3.05, 3.63) is 60.7 Å². The third-order valence-corrected chi connectivity index (χ3v) is 4.98. The number of hydrogen-bond acceptors (Lipinski definition) is 8. The topological polar surface area (TPSA) is 102 Å². The van der Waals surface area contributed by atoms with Gasteiger partial charge in [0.1, 0.15) is 24.4 Å². The molecule has 0 saturated carbocycles. The Kier molecular flexibility index (Phi) is 5.92. The van der Waals surface area contributed by atoms with Crippen LogP contribution in [0.15, 0.2) is 55.0 Å². The van der Waals surface area contributed by atoms with Crippen LogP contribution >= 0.6 is 0 Å². The molecule has 1 N–H and O–H groups in total. The standard InChI is InChI=1S/C22H24N6O3/c1-14(2)19-12-30-22(29)28(19)21-25-13-24-20(27-21)26-15(3)18-10-9-17(11-23-18)31-16-7-5-4-6-8-16/h4-11,13-15,19H,12H2,1-3H3,(H,24,25,26,27)/t15?,19-/m1/s1. The first kappa shape index (κ1) is 20.5. The molecule has 0 aliphatic carbocycles. The fourth-order valence-corrected chi connectivity index (χ4v) is 3.23. The molecule has 31 heavy (non-hydrogen) atoms. The number of nitrogens with one attached hydrogen (secondary N) is 1. The molecule has 1 aliphatic rings. The fraction of sp³-hybridized carbons (Fsp3) is 0.318. The number of rotatable bonds is 7. The van der Waals surface area contributed by atoms with Crippen molar-refractivity contribution in [2.24, 2.45) is 5.92 Å². The van der Waals surface area contributed by atoms with Gasteiger partial charge in [0, 0.05) is 0 Å². The van der Waals surface area contributed by atoms with Crippen LogP contribution < -0.4 is 15.0 Å². The third kappa shape index (κ3) is 4.71. The predicted molar refractivity (Wildman–Crippen MR) is 115 cm³/mol. The van der Waals surface area contributed by atoms with Crippen LogP contribution in [0.1, 0.15) is 32.5 Å². The number of pyridine rings is 1. The van der Waals surface area contributed by atoms with Gasteiger partial charge in [-0.25, -0.2) is 19.7 Å². The molecule has 1 saturated heterocycles. The molecular weight excluding hydrogens is 396 g/mol. The lowest BCUT2D eigenvalue weighted by Gasteiger charge is -2.22. The van der Waals surface area contributed by atoms with E-state index in [1.807, 2.05) is 63.2 Å². The van der Waals surface area contributed by atoms with E-state index in [-0.39, 0.29) is 23.9 Å². The smallest absolute Gasteiger partial charge is 0.417 e. The molecule has 160 valence electrons. The molecule has 2 atom stereocenters. The fourth-order valence-electron chi connectivity index (χ4n) is 3.23. The minimum atomic E-state index is -0.445. The van der Waals surface area contributed by atoms with Gasteiger partial charge in [0.25, 0.3) is 0 Å². The van der Waals surface area contributed by atoms with Crippen LogP contribution in [0.5, 0.6) is 11.5 Å². The lowest BCUT2D eigenvalue weighted by Crippen LogP contribution is -2.38. The lowest BCUT2D eigenvalue weighted by atomic mass is 10.1. The van der Waals surface area contributed by atoms with Crippen molar-refractivity contribution in [2.45, 2.75) is 32.9 Å². The molecule has 0 bridgehead atoms. The van der Waals surface area contributed by atoms with Gasteiger partial charge in [-0.15, -0.1) is 0 Å². The summed E-state index contributed by atoms with van der Waals surface area (Å²) >= 11 is 0. The van der Waals surface area contributed by atoms with Crippen LogP contribution in [0.4, 0.5) is 16.7 Å². The van der Waals surface area contributed by atoms with Crippen LogP contribution in [-0.4, -0.2) is 38.7 Å². The summed E-state index contributed by atoms with van der Waals surface area (Å²) in [5.74, 6) is 2.23. The predicted octanol–water partition coefficient (Wildman–Crippen LogP) is 4.21. The Balaban J connectivity index is 1.44. The van der Waals surface area contributed by atoms with Crippen LogP contribution in [0, 0.1) is 5.92 Å². The van der Waals surface area contributed by atoms with Crippen LogP contribution in [0.25, 0.3) is 0 Å². The summed E-state index contributed by atoms with van der Waals surface area (Å²) in [7, 11) is 0. The van der Waals surface area contributed by atoms with E-state index in [2.05, 4.69) is 25.3 Å². The number of nitrogens with zero attached hydrogens (tertiary/aromatic N) is 5. The minimum absolute atomic E-state index is 0.112. The van der Waals surface area contributed by atoms with Crippen molar-refractivity contribution >= 4 is 18.0 Å². The average molecular weight is 420 g/mol. The largest absolute Gasteiger partial charge is 0.456 e. The van der Waals surface area contributed by atoms with Crippen molar-refractivity contribution in [1.29, 1.82) is 0 Å². The summed E-state index contributed by atoms with van der Waals surface area (Å²) < 4.78 is 11.0. The Labute approximate surface area is 180 Å². The third-order valence-electron chi connectivity index (χ3n) is 4.98. The van der Waals surface area contributed by atoms with Gasteiger partial charge in [-0.05, 0) is 37.1 Å². The highest BCUT2D eigenvalue weighted by Crippen LogP contribution is 2.26. The highest BCUT2D eigenvalue weighted by Gasteiger charge is 2.38. The SMILES string of the molecule is CC(Nc1ncnc(N2C(=O)OC[C@@H]2C(C)C)n1)c1ccc(Oc2ccccc2)cn1. The highest BCUT2D eigenvalue weighted by atomic mass is 16.6. The van der Waals surface area contributed by atoms with Gasteiger partial charge in [0.05, 0.1) is 24.0 Å². The second kappa shape index (κ2) is 8.95. The van der Waals surface area contributed by atoms with E-state index in [4.69, 9.17) is 9.47 Å². The number of ether oxygens (including phenoxy) is 2. The van der Waals surface area contributed by atoms with E-state index < -0.39 is 6.09 Å². The molecular formula is C22H24N6O3. The zero-order valence-electron chi connectivity index (χ0n) is 17.6. The molecule has 1 aromatic carbocycles. The molecule has 0 radical (unpaired) electrons. The van der Waals surface area contributed by atoms with Crippen molar-refractivity contribution < 1.29 is 14.3 Å². The maximum absolute atomic E-state index is 12.2. The Morgan fingerprint density at radius 1 is 1.06 bits per heavy atom. The van der Waals surface area contributed by atoms with Gasteiger partial charge in [0.2, 0.25) is 11.9 Å². The Morgan fingerprint density at radius 3 is 2.58 bits per heavy atom. The number of carbonyl (C=O) groups excluding carboxylic acids is 1. The van der Waals surface area contributed by atoms with Crippen LogP contribution in [0.2, 0.25) is 0 Å². The Morgan fingerprint density at radius 2 is 1.87 bits per heavy atom. The van der Waals surface area contributed by atoms with E-state index in [0.29, 0.717) is 18.3 Å². The molecule has 1 unspecified atom stereocenters. The monoisotopic (exact) mass is 420 g/mol. The van der Waals surface area contributed by atoms with E-state index in [9.17, 15) is 4.79 Å². The Bertz CT molecular complexity index is 1030. The summed E-state index contributed by atoms with van der Waals surface area (Å²) in [5.41, 5.74) is 0.794. The second-order valence-corrected chi connectivity index (χ2v) is 7.57. The summed E-state index contributed by atoms with van der Waals surface area (Å²) in [6, 6.07) is 13.0. The Hall–Kier alpha value is -3.75. The molecule has 9 nitrogen and oxygen atoms in total. The molecule has 2 aromatic heterocycles. The first-order valence-electron chi connectivity index (χ1n) is 10.1. The van der Waals surface area contributed by atoms with Gasteiger partial charge >= 0.3 is 6.09 Å². The summed E-state index contributed by atoms with van der Waals surface area (Å²) in [5, 5.41) is 3.21. The van der Waals surface area contributed by atoms with Crippen molar-refractivity contribution in [3.63, 3.8) is 0 Å². The molecule has 3 heterocycles. The molecule has 1 amide bonds. The summed E-state index contributed by atoms with van der Waals surface area (Å²) in [4.78, 5) is 30.9. The zero-order chi connectivity index (χ0) is 21.8. The van der Waals surface area contributed by atoms with Gasteiger partial charge in [-0.2, -0.15) is 4.98 Å². The van der Waals surface area contributed by atoms with Crippen molar-refractivity contribution in [2.75, 3.05) is 16.8 Å². The average Bonchev–Trinajstić information content (AvgIpc) is 3.17. The zero-order valence-corrected chi connectivity index (χ0v) is 17.6. The second-order valence-electron chi connectivity index (χ2n) is 7.57. The van der Waals surface area contributed by atoms with Crippen molar-refractivity contribution in [3.8, 4) is 11.5 Å². The quantitative estimate of drug-likeness (QED) is 0.606. The first-order chi connectivity index (χ1) is 15.0. The number of aromatic nitrogens is 4. The normalized spacial score (nSPS) is 16.8. The number of anilines is 2. The maximum Gasteiger partial charge on any atom is 0.417 e. The van der Waals surface area contributed by atoms with Crippen LogP contribution in [0.3, 0.4) is 0 Å². The number of para-hydroxylation sites is 1. The molecule has 3 aromatic rings. The van der Waals surface area contributed by atoms with Crippen LogP contribution in [-0.2, 0) is 4.74 Å². The minimum Gasteiger partial charge on any atom is -0.456 e. The molecule has 1 aliphatic heterocycles. The number of hydrogen-bond donors (Lipinski definition) is 1. The first-order valence-corrected chi connectivity index (χ1v) is 10.1. The summed E-state index contributed by atoms with van der Waals surface area (Å²) in [6.45, 7) is 6.32. The highest BCUT2D eigenvalue weighted by molar-refractivity contribution is 5.88. The maximum atomic E-state index is 12.2. The molecule has 0 spiro atoms. The number of carbonyl (C=O) groups is 1. The molecule has 4 rings (SSSR count). The lowest BCUT2D eigenvalue weighted by molar-refractivity contribution is 0.177. The van der Waals surface area contributed by atoms with Gasteiger partial charge < -0.3 is 14.8 Å². The number of cyclic esters (lactones) is 1. The van der Waals surface area contributed by atoms with E-state index in [0.717, 1.165) is 11.4 Å². The van der Waals surface area contributed by atoms with Gasteiger partial charge in [-0.3, -0.25) is 4.98 Å². The molecule has 1 fully saturated rings. The summed E-state index contributed by atoms with van der Waals surface area (Å²) in [6.07, 6.45) is 2.61. The molecule has 9 heteroatoms. The van der Waals surface area contributed by atoms with Crippen molar-refractivity contribution in [1.82, 2.24) is 19.9 Å². The number of benzene rings is 1. The van der Waals surface area contributed by atoms with Gasteiger partial charge in [-0.1, -0.05) is 32.0 Å². The van der Waals surface area contributed by atoms with E-state index in [1.54, 1.807) is 6.20 Å². The van der Waals surface area contributed by atoms with Gasteiger partial charge in [0.15, 0.2) is 0 Å². The van der Waals surface area contributed by atoms with E-state index in [1.165, 1.54) is 11.2 Å². The number of amides is 1.